The lowest BCUT2D eigenvalue weighted by molar-refractivity contribution is 0.539. The van der Waals surface area contributed by atoms with E-state index in [9.17, 15) is 8.42 Å². The van der Waals surface area contributed by atoms with Gasteiger partial charge in [-0.2, -0.15) is 5.26 Å². The molecule has 1 unspecified atom stereocenters. The number of nitriles is 1. The molecule has 0 spiro atoms. The number of thiophene rings is 1. The first kappa shape index (κ1) is 19.2. The van der Waals surface area contributed by atoms with E-state index in [2.05, 4.69) is 51.8 Å². The first-order chi connectivity index (χ1) is 12.2. The number of aromatic nitrogens is 1. The lowest BCUT2D eigenvalue weighted by Crippen LogP contribution is -2.10. The molecule has 0 amide bonds. The number of fused-ring (bicyclic) bond motifs is 1. The maximum absolute atomic E-state index is 11.6. The molecule has 2 aromatic heterocycles. The molecule has 3 aromatic rings. The molecular formula is C18H18IN3O2S2. The highest BCUT2D eigenvalue weighted by molar-refractivity contribution is 14.1. The molecule has 0 aliphatic rings. The topological polar surface area (TPSA) is 74.9 Å². The van der Waals surface area contributed by atoms with Gasteiger partial charge in [0.1, 0.15) is 10.9 Å². The summed E-state index contributed by atoms with van der Waals surface area (Å²) in [4.78, 5) is 1.72. The molecule has 0 aliphatic carbocycles. The van der Waals surface area contributed by atoms with Crippen LogP contribution in [-0.2, 0) is 10.0 Å². The van der Waals surface area contributed by atoms with Crippen LogP contribution in [0.1, 0.15) is 31.2 Å². The monoisotopic (exact) mass is 499 g/mol. The summed E-state index contributed by atoms with van der Waals surface area (Å²) in [6.07, 6.45) is 2.10. The van der Waals surface area contributed by atoms with E-state index in [1.54, 1.807) is 6.07 Å². The fourth-order valence-electron chi connectivity index (χ4n) is 2.94. The maximum Gasteiger partial charge on any atom is 0.229 e. The smallest absolute Gasteiger partial charge is 0.229 e. The van der Waals surface area contributed by atoms with Gasteiger partial charge in [-0.1, -0.05) is 13.0 Å². The minimum Gasteiger partial charge on any atom is -0.333 e. The lowest BCUT2D eigenvalue weighted by atomic mass is 10.1. The Bertz CT molecular complexity index is 1120. The second-order valence-corrected chi connectivity index (χ2v) is 10.0. The van der Waals surface area contributed by atoms with Crippen molar-refractivity contribution in [1.29, 1.82) is 5.26 Å². The van der Waals surface area contributed by atoms with Crippen molar-refractivity contribution < 1.29 is 8.42 Å². The highest BCUT2D eigenvalue weighted by Gasteiger charge is 2.21. The number of hydrogen-bond donors (Lipinski definition) is 1. The second-order valence-electron chi connectivity index (χ2n) is 6.17. The van der Waals surface area contributed by atoms with E-state index in [4.69, 9.17) is 5.26 Å². The zero-order valence-electron chi connectivity index (χ0n) is 14.6. The number of nitrogens with zero attached hydrogens (tertiary/aromatic N) is 2. The van der Waals surface area contributed by atoms with Crippen molar-refractivity contribution in [2.45, 2.75) is 26.3 Å². The van der Waals surface area contributed by atoms with Gasteiger partial charge in [-0.15, -0.1) is 11.3 Å². The predicted octanol–water partition coefficient (Wildman–Crippen LogP) is 5.19. The van der Waals surface area contributed by atoms with Gasteiger partial charge < -0.3 is 4.57 Å². The average Bonchev–Trinajstić information content (AvgIpc) is 3.14. The minimum absolute atomic E-state index is 0.266. The van der Waals surface area contributed by atoms with Crippen molar-refractivity contribution >= 4 is 60.5 Å². The van der Waals surface area contributed by atoms with Crippen molar-refractivity contribution in [2.75, 3.05) is 11.0 Å². The van der Waals surface area contributed by atoms with Crippen LogP contribution < -0.4 is 4.72 Å². The Morgan fingerprint density at radius 3 is 2.65 bits per heavy atom. The molecule has 2 heterocycles. The van der Waals surface area contributed by atoms with Crippen molar-refractivity contribution in [3.05, 3.63) is 38.9 Å². The second kappa shape index (κ2) is 7.21. The highest BCUT2D eigenvalue weighted by atomic mass is 127. The van der Waals surface area contributed by atoms with Crippen LogP contribution >= 0.6 is 33.9 Å². The largest absolute Gasteiger partial charge is 0.333 e. The molecule has 0 saturated heterocycles. The standard InChI is InChI=1S/C18H18IN3O2S2/c1-4-11(2)22-15-9-12(21-26(3,23)24)5-7-14(15)17(18(22)19)16-8-6-13(10-20)25-16/h5-9,11,21H,4H2,1-3H3. The van der Waals surface area contributed by atoms with Gasteiger partial charge >= 0.3 is 0 Å². The van der Waals surface area contributed by atoms with Crippen LogP contribution in [0.25, 0.3) is 21.3 Å². The van der Waals surface area contributed by atoms with Crippen LogP contribution in [-0.4, -0.2) is 19.2 Å². The molecule has 0 saturated carbocycles. The predicted molar refractivity (Wildman–Crippen MR) is 116 cm³/mol. The molecule has 8 heteroatoms. The first-order valence-corrected chi connectivity index (χ1v) is 11.9. The Hall–Kier alpha value is -1.57. The van der Waals surface area contributed by atoms with Gasteiger partial charge in [0.25, 0.3) is 0 Å². The van der Waals surface area contributed by atoms with Gasteiger partial charge in [0.05, 0.1) is 21.2 Å². The van der Waals surface area contributed by atoms with Gasteiger partial charge in [-0.25, -0.2) is 8.42 Å². The molecule has 1 N–H and O–H groups in total. The summed E-state index contributed by atoms with van der Waals surface area (Å²) >= 11 is 3.82. The Kier molecular flexibility index (Phi) is 5.33. The Morgan fingerprint density at radius 2 is 2.08 bits per heavy atom. The van der Waals surface area contributed by atoms with E-state index >= 15 is 0 Å². The van der Waals surface area contributed by atoms with E-state index in [0.717, 1.165) is 37.7 Å². The number of nitrogens with one attached hydrogen (secondary N) is 1. The van der Waals surface area contributed by atoms with E-state index in [1.807, 2.05) is 24.3 Å². The molecule has 26 heavy (non-hydrogen) atoms. The molecule has 1 aromatic carbocycles. The molecule has 0 radical (unpaired) electrons. The van der Waals surface area contributed by atoms with Crippen LogP contribution in [0.2, 0.25) is 0 Å². The fraction of sp³-hybridized carbons (Fsp3) is 0.278. The summed E-state index contributed by atoms with van der Waals surface area (Å²) in [5, 5.41) is 10.2. The number of benzene rings is 1. The molecule has 1 atom stereocenters. The molecule has 5 nitrogen and oxygen atoms in total. The third kappa shape index (κ3) is 3.61. The van der Waals surface area contributed by atoms with Crippen molar-refractivity contribution in [3.8, 4) is 16.5 Å². The van der Waals surface area contributed by atoms with Crippen LogP contribution in [0, 0.1) is 15.0 Å². The zero-order chi connectivity index (χ0) is 19.1. The summed E-state index contributed by atoms with van der Waals surface area (Å²) in [7, 11) is -3.34. The Morgan fingerprint density at radius 1 is 1.35 bits per heavy atom. The van der Waals surface area contributed by atoms with Gasteiger partial charge in [-0.05, 0) is 60.2 Å². The summed E-state index contributed by atoms with van der Waals surface area (Å²) in [5.74, 6) is 0. The Labute approximate surface area is 170 Å². The summed E-state index contributed by atoms with van der Waals surface area (Å²) in [5.41, 5.74) is 2.63. The average molecular weight is 499 g/mol. The number of hydrogen-bond acceptors (Lipinski definition) is 4. The molecule has 0 bridgehead atoms. The number of sulfonamides is 1. The quantitative estimate of drug-likeness (QED) is 0.491. The maximum atomic E-state index is 11.6. The van der Waals surface area contributed by atoms with Crippen molar-refractivity contribution in [1.82, 2.24) is 4.57 Å². The van der Waals surface area contributed by atoms with E-state index < -0.39 is 10.0 Å². The molecule has 0 fully saturated rings. The van der Waals surface area contributed by atoms with Crippen LogP contribution in [0.3, 0.4) is 0 Å². The Balaban J connectivity index is 2.29. The van der Waals surface area contributed by atoms with E-state index in [-0.39, 0.29) is 6.04 Å². The van der Waals surface area contributed by atoms with Crippen LogP contribution in [0.15, 0.2) is 30.3 Å². The van der Waals surface area contributed by atoms with Crippen molar-refractivity contribution in [2.24, 2.45) is 0 Å². The normalized spacial score (nSPS) is 12.9. The van der Waals surface area contributed by atoms with Gasteiger partial charge in [0.15, 0.2) is 0 Å². The molecule has 0 aliphatic heterocycles. The molecule has 136 valence electrons. The van der Waals surface area contributed by atoms with Gasteiger partial charge in [0.2, 0.25) is 10.0 Å². The summed E-state index contributed by atoms with van der Waals surface area (Å²) < 4.78 is 29.1. The fourth-order valence-corrected chi connectivity index (χ4v) is 5.86. The van der Waals surface area contributed by atoms with Crippen LogP contribution in [0.5, 0.6) is 0 Å². The van der Waals surface area contributed by atoms with Gasteiger partial charge in [0, 0.05) is 21.9 Å². The van der Waals surface area contributed by atoms with Gasteiger partial charge in [-0.3, -0.25) is 4.72 Å². The third-order valence-corrected chi connectivity index (χ3v) is 6.91. The zero-order valence-corrected chi connectivity index (χ0v) is 18.4. The summed E-state index contributed by atoms with van der Waals surface area (Å²) in [6.45, 7) is 4.28. The summed E-state index contributed by atoms with van der Waals surface area (Å²) in [6, 6.07) is 11.9. The van der Waals surface area contributed by atoms with Crippen molar-refractivity contribution in [3.63, 3.8) is 0 Å². The number of rotatable bonds is 5. The number of halogens is 1. The first-order valence-electron chi connectivity index (χ1n) is 8.06. The highest BCUT2D eigenvalue weighted by Crippen LogP contribution is 2.41. The van der Waals surface area contributed by atoms with E-state index in [1.165, 1.54) is 11.3 Å². The number of anilines is 1. The SMILES string of the molecule is CCC(C)n1c(I)c(-c2ccc(C#N)s2)c2ccc(NS(C)(=O)=O)cc21. The molecule has 3 rings (SSSR count). The van der Waals surface area contributed by atoms with Crippen LogP contribution in [0.4, 0.5) is 5.69 Å². The minimum atomic E-state index is -3.34. The lowest BCUT2D eigenvalue weighted by Gasteiger charge is -2.15. The third-order valence-electron chi connectivity index (χ3n) is 4.24. The molecular weight excluding hydrogens is 481 g/mol. The van der Waals surface area contributed by atoms with E-state index in [0.29, 0.717) is 10.6 Å².